The van der Waals surface area contributed by atoms with Crippen molar-refractivity contribution < 1.29 is 0 Å². The second kappa shape index (κ2) is 2.28. The maximum absolute atomic E-state index is 5.45. The van der Waals surface area contributed by atoms with Gasteiger partial charge in [-0.15, -0.1) is 0 Å². The first kappa shape index (κ1) is 6.92. The highest BCUT2D eigenvalue weighted by Crippen LogP contribution is 1.98. The van der Waals surface area contributed by atoms with E-state index in [1.165, 1.54) is 0 Å². The number of nitrogens with two attached hydrogens (primary N) is 2. The Hall–Kier alpha value is -0.0800. The number of hydrogen-bond acceptors (Lipinski definition) is 2. The lowest BCUT2D eigenvalue weighted by atomic mass is 10.0. The summed E-state index contributed by atoms with van der Waals surface area (Å²) in [6.45, 7) is 6.14. The molecule has 2 nitrogen and oxygen atoms in total. The van der Waals surface area contributed by atoms with Crippen LogP contribution in [0.3, 0.4) is 0 Å². The van der Waals surface area contributed by atoms with E-state index in [1.54, 1.807) is 0 Å². The summed E-state index contributed by atoms with van der Waals surface area (Å²) in [5.74, 6) is 0. The SMILES string of the molecule is [CH2]C(C)(N)CCN. The van der Waals surface area contributed by atoms with E-state index in [0.29, 0.717) is 6.54 Å². The molecule has 0 heterocycles. The lowest BCUT2D eigenvalue weighted by Crippen LogP contribution is -2.34. The number of rotatable bonds is 2. The average Bonchev–Trinajstić information content (AvgIpc) is 1.30. The second-order valence-electron chi connectivity index (χ2n) is 2.19. The van der Waals surface area contributed by atoms with Crippen molar-refractivity contribution in [1.29, 1.82) is 0 Å². The minimum Gasteiger partial charge on any atom is -0.330 e. The first-order valence-corrected chi connectivity index (χ1v) is 2.40. The van der Waals surface area contributed by atoms with E-state index in [-0.39, 0.29) is 5.54 Å². The van der Waals surface area contributed by atoms with Crippen molar-refractivity contribution in [2.45, 2.75) is 18.9 Å². The first-order valence-electron chi connectivity index (χ1n) is 2.40. The molecule has 0 saturated heterocycles. The average molecular weight is 101 g/mol. The lowest BCUT2D eigenvalue weighted by molar-refractivity contribution is 0.538. The quantitative estimate of drug-likeness (QED) is 0.509. The van der Waals surface area contributed by atoms with E-state index in [1.807, 2.05) is 6.92 Å². The fraction of sp³-hybridized carbons (Fsp3) is 0.800. The van der Waals surface area contributed by atoms with Gasteiger partial charge in [-0.1, -0.05) is 0 Å². The van der Waals surface area contributed by atoms with Gasteiger partial charge in [-0.05, 0) is 26.8 Å². The zero-order valence-electron chi connectivity index (χ0n) is 4.78. The highest BCUT2D eigenvalue weighted by atomic mass is 14.7. The van der Waals surface area contributed by atoms with Crippen molar-refractivity contribution in [3.05, 3.63) is 6.92 Å². The summed E-state index contributed by atoms with van der Waals surface area (Å²) in [7, 11) is 0. The lowest BCUT2D eigenvalue weighted by Gasteiger charge is -2.15. The molecule has 0 spiro atoms. The summed E-state index contributed by atoms with van der Waals surface area (Å²) in [4.78, 5) is 0. The van der Waals surface area contributed by atoms with Gasteiger partial charge < -0.3 is 11.5 Å². The Morgan fingerprint density at radius 3 is 2.14 bits per heavy atom. The van der Waals surface area contributed by atoms with Gasteiger partial charge >= 0.3 is 0 Å². The molecule has 0 aromatic rings. The molecule has 0 bridgehead atoms. The zero-order chi connectivity index (χ0) is 5.91. The van der Waals surface area contributed by atoms with Gasteiger partial charge in [-0.25, -0.2) is 0 Å². The smallest absolute Gasteiger partial charge is 0.0138 e. The highest BCUT2D eigenvalue weighted by Gasteiger charge is 2.06. The van der Waals surface area contributed by atoms with Crippen molar-refractivity contribution in [3.63, 3.8) is 0 Å². The predicted molar refractivity (Wildman–Crippen MR) is 31.6 cm³/mol. The van der Waals surface area contributed by atoms with Crippen LogP contribution in [0.5, 0.6) is 0 Å². The summed E-state index contributed by atoms with van der Waals surface area (Å²) in [5.41, 5.74) is 10.3. The molecule has 2 heteroatoms. The van der Waals surface area contributed by atoms with E-state index in [9.17, 15) is 0 Å². The third-order valence-electron chi connectivity index (χ3n) is 0.715. The summed E-state index contributed by atoms with van der Waals surface area (Å²) in [5, 5.41) is 0. The van der Waals surface area contributed by atoms with Crippen LogP contribution in [0.25, 0.3) is 0 Å². The predicted octanol–water partition coefficient (Wildman–Crippen LogP) is -0.113. The van der Waals surface area contributed by atoms with Gasteiger partial charge in [-0.2, -0.15) is 0 Å². The van der Waals surface area contributed by atoms with E-state index in [4.69, 9.17) is 11.5 Å². The molecular formula is C5H13N2. The normalized spacial score (nSPS) is 12.0. The van der Waals surface area contributed by atoms with Crippen LogP contribution < -0.4 is 11.5 Å². The van der Waals surface area contributed by atoms with Crippen LogP contribution in [0.1, 0.15) is 13.3 Å². The van der Waals surface area contributed by atoms with Crippen LogP contribution in [-0.2, 0) is 0 Å². The second-order valence-corrected chi connectivity index (χ2v) is 2.19. The fourth-order valence-corrected chi connectivity index (χ4v) is 0.330. The van der Waals surface area contributed by atoms with Gasteiger partial charge in [0.1, 0.15) is 0 Å². The van der Waals surface area contributed by atoms with Crippen LogP contribution in [0.2, 0.25) is 0 Å². The molecule has 1 unspecified atom stereocenters. The minimum absolute atomic E-state index is 0.325. The molecule has 1 radical (unpaired) electrons. The molecule has 0 rings (SSSR count). The van der Waals surface area contributed by atoms with Crippen molar-refractivity contribution in [2.24, 2.45) is 11.5 Å². The fourth-order valence-electron chi connectivity index (χ4n) is 0.330. The molecule has 7 heavy (non-hydrogen) atoms. The molecule has 1 atom stereocenters. The molecule has 0 aromatic heterocycles. The Morgan fingerprint density at radius 2 is 2.14 bits per heavy atom. The number of hydrogen-bond donors (Lipinski definition) is 2. The third-order valence-corrected chi connectivity index (χ3v) is 0.715. The van der Waals surface area contributed by atoms with Crippen LogP contribution in [0, 0.1) is 6.92 Å². The van der Waals surface area contributed by atoms with E-state index >= 15 is 0 Å². The van der Waals surface area contributed by atoms with E-state index in [0.717, 1.165) is 6.42 Å². The zero-order valence-corrected chi connectivity index (χ0v) is 4.78. The van der Waals surface area contributed by atoms with Gasteiger partial charge in [-0.3, -0.25) is 0 Å². The molecule has 0 aliphatic heterocycles. The van der Waals surface area contributed by atoms with Crippen LogP contribution in [-0.4, -0.2) is 12.1 Å². The molecule has 43 valence electrons. The Kier molecular flexibility index (Phi) is 2.26. The Balaban J connectivity index is 3.15. The molecule has 0 saturated carbocycles. The summed E-state index contributed by atoms with van der Waals surface area (Å²) in [6, 6.07) is 0. The van der Waals surface area contributed by atoms with E-state index < -0.39 is 0 Å². The largest absolute Gasteiger partial charge is 0.330 e. The summed E-state index contributed by atoms with van der Waals surface area (Å²) >= 11 is 0. The van der Waals surface area contributed by atoms with Crippen LogP contribution in [0.15, 0.2) is 0 Å². The van der Waals surface area contributed by atoms with Gasteiger partial charge in [0, 0.05) is 5.54 Å². The van der Waals surface area contributed by atoms with Crippen LogP contribution in [0.4, 0.5) is 0 Å². The standard InChI is InChI=1S/C5H13N2/c1-5(2,7)3-4-6/h1,3-4,6-7H2,2H3. The maximum atomic E-state index is 5.45. The highest BCUT2D eigenvalue weighted by molar-refractivity contribution is 4.80. The molecule has 0 aliphatic carbocycles. The van der Waals surface area contributed by atoms with Crippen molar-refractivity contribution in [2.75, 3.05) is 6.54 Å². The summed E-state index contributed by atoms with van der Waals surface area (Å²) in [6.07, 6.45) is 0.785. The first-order chi connectivity index (χ1) is 3.06. The molecule has 4 N–H and O–H groups in total. The van der Waals surface area contributed by atoms with Crippen molar-refractivity contribution in [1.82, 2.24) is 0 Å². The maximum Gasteiger partial charge on any atom is 0.0138 e. The Morgan fingerprint density at radius 1 is 1.71 bits per heavy atom. The monoisotopic (exact) mass is 101 g/mol. The third kappa shape index (κ3) is 5.92. The van der Waals surface area contributed by atoms with Crippen molar-refractivity contribution >= 4 is 0 Å². The van der Waals surface area contributed by atoms with Crippen molar-refractivity contribution in [3.8, 4) is 0 Å². The Labute approximate surface area is 44.9 Å². The van der Waals surface area contributed by atoms with Crippen LogP contribution >= 0.6 is 0 Å². The summed E-state index contributed by atoms with van der Waals surface area (Å²) < 4.78 is 0. The van der Waals surface area contributed by atoms with E-state index in [2.05, 4.69) is 6.92 Å². The van der Waals surface area contributed by atoms with Gasteiger partial charge in [0.05, 0.1) is 0 Å². The Bertz CT molecular complexity index is 44.5. The molecule has 0 fully saturated rings. The van der Waals surface area contributed by atoms with Gasteiger partial charge in [0.2, 0.25) is 0 Å². The molecular weight excluding hydrogens is 88.1 g/mol. The minimum atomic E-state index is -0.325. The molecule has 0 aromatic carbocycles. The molecule has 0 amide bonds. The van der Waals surface area contributed by atoms with Gasteiger partial charge in [0.15, 0.2) is 0 Å². The topological polar surface area (TPSA) is 52.0 Å². The molecule has 0 aliphatic rings. The van der Waals surface area contributed by atoms with Gasteiger partial charge in [0.25, 0.3) is 0 Å².